The summed E-state index contributed by atoms with van der Waals surface area (Å²) in [4.78, 5) is 123. The van der Waals surface area contributed by atoms with Crippen molar-refractivity contribution in [3.8, 4) is 11.1 Å². The van der Waals surface area contributed by atoms with Gasteiger partial charge < -0.3 is 35.3 Å². The van der Waals surface area contributed by atoms with Crippen molar-refractivity contribution in [3.63, 3.8) is 0 Å². The van der Waals surface area contributed by atoms with Crippen LogP contribution in [0.5, 0.6) is 0 Å². The van der Waals surface area contributed by atoms with Crippen LogP contribution in [0, 0.1) is 5.92 Å². The number of benzene rings is 2. The van der Waals surface area contributed by atoms with E-state index >= 15 is 0 Å². The van der Waals surface area contributed by atoms with Gasteiger partial charge in [-0.3, -0.25) is 53.4 Å². The van der Waals surface area contributed by atoms with Gasteiger partial charge in [-0.15, -0.1) is 0 Å². The highest BCUT2D eigenvalue weighted by Gasteiger charge is 2.40. The number of aromatic amines is 1. The summed E-state index contributed by atoms with van der Waals surface area (Å²) < 4.78 is 27.3. The first-order valence-corrected chi connectivity index (χ1v) is 26.5. The fraction of sp³-hybridized carbons (Fsp3) is 0.431. The van der Waals surface area contributed by atoms with Gasteiger partial charge in [0.05, 0.1) is 5.75 Å². The standard InChI is InChI=1S/C51H57N9O11S/c1-57-25-36-34-22-31(28-72(2,70)71)33(47(65)53-18-6-4-3-5-8-30-9-7-10-32-35(30)27-60(50(32)68)38-13-14-41(62)55-48(38)66)23-39(34)58(24-29-11-12-29)26-37-44(36)46(51(57)69)56-45(37)49(67)54-20-19-52-40(61)17-21-59-42(63)15-16-43(59)64/h7,9-10,15-16,22-23,25,29,38,56H,3-6,8,11-14,17-21,24,26-28H2,1-2H3,(H,52,61)(H,53,65)(H,54,67)(H,55,62,66). The molecule has 1 saturated heterocycles. The maximum absolute atomic E-state index is 14.2. The zero-order chi connectivity index (χ0) is 51.0. The van der Waals surface area contributed by atoms with Crippen molar-refractivity contribution >= 4 is 73.7 Å². The van der Waals surface area contributed by atoms with Crippen LogP contribution in [0.2, 0.25) is 0 Å². The number of unbranched alkanes of at least 4 members (excludes halogenated alkanes) is 3. The molecule has 72 heavy (non-hydrogen) atoms. The number of anilines is 1. The zero-order valence-electron chi connectivity index (χ0n) is 40.2. The van der Waals surface area contributed by atoms with Crippen molar-refractivity contribution < 1.29 is 46.8 Å². The molecule has 6 heterocycles. The first-order valence-electron chi connectivity index (χ1n) is 24.4. The highest BCUT2D eigenvalue weighted by Crippen LogP contribution is 2.45. The first kappa shape index (κ1) is 49.6. The van der Waals surface area contributed by atoms with E-state index in [9.17, 15) is 51.6 Å². The smallest absolute Gasteiger partial charge is 0.274 e. The summed E-state index contributed by atoms with van der Waals surface area (Å²) in [6.07, 6.45) is 11.2. The van der Waals surface area contributed by atoms with E-state index in [1.165, 1.54) is 4.57 Å². The number of fused-ring (bicyclic) bond motifs is 3. The van der Waals surface area contributed by atoms with E-state index in [4.69, 9.17) is 0 Å². The molecule has 0 radical (unpaired) electrons. The summed E-state index contributed by atoms with van der Waals surface area (Å²) in [6, 6.07) is 8.39. The van der Waals surface area contributed by atoms with Gasteiger partial charge in [0.15, 0.2) is 9.84 Å². The highest BCUT2D eigenvalue weighted by atomic mass is 32.2. The van der Waals surface area contributed by atoms with Gasteiger partial charge >= 0.3 is 0 Å². The molecule has 5 N–H and O–H groups in total. The molecule has 5 aliphatic rings. The van der Waals surface area contributed by atoms with Crippen LogP contribution in [0.4, 0.5) is 5.69 Å². The van der Waals surface area contributed by atoms with Gasteiger partial charge in [0.2, 0.25) is 17.7 Å². The molecule has 1 aliphatic carbocycles. The summed E-state index contributed by atoms with van der Waals surface area (Å²) in [5.41, 5.74) is 5.41. The Balaban J connectivity index is 0.871. The van der Waals surface area contributed by atoms with Gasteiger partial charge in [0.1, 0.15) is 17.3 Å². The van der Waals surface area contributed by atoms with Crippen LogP contribution in [-0.2, 0) is 66.1 Å². The highest BCUT2D eigenvalue weighted by molar-refractivity contribution is 7.89. The Labute approximate surface area is 414 Å². The molecule has 2 aromatic carbocycles. The van der Waals surface area contributed by atoms with Crippen molar-refractivity contribution in [2.75, 3.05) is 43.9 Å². The fourth-order valence-electron chi connectivity index (χ4n) is 10.2. The lowest BCUT2D eigenvalue weighted by Gasteiger charge is -2.29. The summed E-state index contributed by atoms with van der Waals surface area (Å²) in [6.45, 7) is 1.42. The van der Waals surface area contributed by atoms with Crippen LogP contribution in [0.3, 0.4) is 0 Å². The summed E-state index contributed by atoms with van der Waals surface area (Å²) >= 11 is 0. The maximum Gasteiger partial charge on any atom is 0.274 e. The predicted octanol–water partition coefficient (Wildman–Crippen LogP) is 2.26. The Bertz CT molecular complexity index is 3150. The third-order valence-electron chi connectivity index (χ3n) is 14.0. The van der Waals surface area contributed by atoms with E-state index in [1.54, 1.807) is 36.3 Å². The van der Waals surface area contributed by atoms with Crippen molar-refractivity contribution in [3.05, 3.63) is 98.1 Å². The van der Waals surface area contributed by atoms with Crippen molar-refractivity contribution in [2.24, 2.45) is 13.0 Å². The number of sulfone groups is 1. The average Bonchev–Trinajstić information content (AvgIpc) is 3.90. The molecule has 4 aliphatic heterocycles. The van der Waals surface area contributed by atoms with Crippen LogP contribution in [0.15, 0.2) is 53.5 Å². The number of H-pyrrole nitrogens is 1. The van der Waals surface area contributed by atoms with Gasteiger partial charge in [0, 0.05) is 129 Å². The minimum atomic E-state index is -3.65. The molecule has 4 aromatic rings. The average molecular weight is 1000 g/mol. The number of carbonyl (C=O) groups excluding carboxylic acids is 8. The second kappa shape index (κ2) is 20.4. The lowest BCUT2D eigenvalue weighted by atomic mass is 9.95. The molecule has 378 valence electrons. The Morgan fingerprint density at radius 1 is 0.792 bits per heavy atom. The zero-order valence-corrected chi connectivity index (χ0v) is 41.0. The second-order valence-corrected chi connectivity index (χ2v) is 21.5. The van der Waals surface area contributed by atoms with Gasteiger partial charge in [-0.05, 0) is 79.3 Å². The number of carbonyl (C=O) groups is 8. The molecule has 21 heteroatoms. The Morgan fingerprint density at radius 3 is 2.26 bits per heavy atom. The van der Waals surface area contributed by atoms with E-state index in [0.29, 0.717) is 77.3 Å². The largest absolute Gasteiger partial charge is 0.366 e. The van der Waals surface area contributed by atoms with E-state index < -0.39 is 57.1 Å². The summed E-state index contributed by atoms with van der Waals surface area (Å²) in [5.74, 6) is -3.40. The van der Waals surface area contributed by atoms with Gasteiger partial charge in [-0.25, -0.2) is 8.42 Å². The number of rotatable bonds is 20. The Hall–Kier alpha value is -7.42. The van der Waals surface area contributed by atoms with Gasteiger partial charge in [0.25, 0.3) is 35.1 Å². The molecule has 2 fully saturated rings. The quantitative estimate of drug-likeness (QED) is 0.0631. The number of aryl methyl sites for hydroxylation is 2. The lowest BCUT2D eigenvalue weighted by molar-refractivity contribution is -0.138. The molecule has 0 bridgehead atoms. The number of hydrogen-bond donors (Lipinski definition) is 5. The topological polar surface area (TPSA) is 266 Å². The van der Waals surface area contributed by atoms with E-state index in [2.05, 4.69) is 31.2 Å². The maximum atomic E-state index is 14.2. The first-order chi connectivity index (χ1) is 34.4. The van der Waals surface area contributed by atoms with Crippen LogP contribution < -0.4 is 31.7 Å². The number of nitrogens with one attached hydrogen (secondary N) is 5. The molecular weight excluding hydrogens is 947 g/mol. The molecule has 1 unspecified atom stereocenters. The number of imide groups is 2. The Morgan fingerprint density at radius 2 is 1.53 bits per heavy atom. The third-order valence-corrected chi connectivity index (χ3v) is 14.9. The number of pyridine rings is 1. The molecule has 8 amide bonds. The number of hydrogen-bond acceptors (Lipinski definition) is 12. The number of aromatic nitrogens is 2. The van der Waals surface area contributed by atoms with Crippen LogP contribution in [0.25, 0.3) is 22.0 Å². The summed E-state index contributed by atoms with van der Waals surface area (Å²) in [7, 11) is -2.06. The molecule has 9 rings (SSSR count). The van der Waals surface area contributed by atoms with Crippen LogP contribution in [-0.4, -0.2) is 120 Å². The fourth-order valence-corrected chi connectivity index (χ4v) is 11.0. The van der Waals surface area contributed by atoms with Crippen molar-refractivity contribution in [1.82, 2.24) is 40.6 Å². The number of nitrogens with zero attached hydrogens (tertiary/aromatic N) is 4. The van der Waals surface area contributed by atoms with Gasteiger partial charge in [-0.2, -0.15) is 0 Å². The van der Waals surface area contributed by atoms with Crippen molar-refractivity contribution in [2.45, 2.75) is 89.1 Å². The van der Waals surface area contributed by atoms with Gasteiger partial charge in [-0.1, -0.05) is 25.0 Å². The molecule has 1 saturated carbocycles. The third kappa shape index (κ3) is 10.5. The minimum absolute atomic E-state index is 0.0276. The summed E-state index contributed by atoms with van der Waals surface area (Å²) in [5, 5.41) is 11.4. The Kier molecular flexibility index (Phi) is 14.0. The van der Waals surface area contributed by atoms with E-state index in [-0.39, 0.29) is 73.2 Å². The normalized spacial score (nSPS) is 17.3. The second-order valence-electron chi connectivity index (χ2n) is 19.4. The monoisotopic (exact) mass is 1000 g/mol. The number of piperidine rings is 1. The molecular formula is C51H57N9O11S. The molecule has 1 atom stereocenters. The van der Waals surface area contributed by atoms with Crippen LogP contribution in [0.1, 0.15) is 111 Å². The lowest BCUT2D eigenvalue weighted by Crippen LogP contribution is -2.52. The van der Waals surface area contributed by atoms with E-state index in [1.807, 2.05) is 12.1 Å². The van der Waals surface area contributed by atoms with Crippen LogP contribution >= 0.6 is 0 Å². The number of amides is 8. The predicted molar refractivity (Wildman–Crippen MR) is 264 cm³/mol. The minimum Gasteiger partial charge on any atom is -0.366 e. The molecule has 2 aromatic heterocycles. The molecule has 20 nitrogen and oxygen atoms in total. The van der Waals surface area contributed by atoms with E-state index in [0.717, 1.165) is 73.0 Å². The molecule has 0 spiro atoms. The SMILES string of the molecule is Cn1cc2c3c(c(C(=O)NCCNC(=O)CCN4C(=O)C=CC4=O)[nH]c3c1=O)CN(CC1CC1)c1cc(C(=O)NCCCCCCc3cccc4c3CN(C3CCC(=O)NC3=O)C4=O)c(CS(C)(=O)=O)cc1-2. The van der Waals surface area contributed by atoms with Crippen molar-refractivity contribution in [1.29, 1.82) is 0 Å².